The summed E-state index contributed by atoms with van der Waals surface area (Å²) >= 11 is 6.05. The van der Waals surface area contributed by atoms with Gasteiger partial charge in [0.05, 0.1) is 6.04 Å². The second-order valence-electron chi connectivity index (χ2n) is 5.43. The molecule has 0 saturated heterocycles. The fourth-order valence-corrected chi connectivity index (χ4v) is 4.39. The van der Waals surface area contributed by atoms with E-state index in [1.165, 1.54) is 41.2 Å². The summed E-state index contributed by atoms with van der Waals surface area (Å²) in [6.45, 7) is 2.31. The molecule has 2 nitrogen and oxygen atoms in total. The van der Waals surface area contributed by atoms with Gasteiger partial charge in [-0.15, -0.1) is 0 Å². The van der Waals surface area contributed by atoms with Crippen LogP contribution in [-0.2, 0) is 0 Å². The maximum absolute atomic E-state index is 5.90. The lowest BCUT2D eigenvalue weighted by Gasteiger charge is -2.37. The highest BCUT2D eigenvalue weighted by atomic mass is 127. The molecule has 1 aromatic rings. The third kappa shape index (κ3) is 3.71. The Labute approximate surface area is 138 Å². The topological polar surface area (TPSA) is 38.0 Å². The Kier molecular flexibility index (Phi) is 6.11. The minimum atomic E-state index is 0.259. The number of nitrogens with two attached hydrogens (primary N) is 1. The Morgan fingerprint density at radius 3 is 2.84 bits per heavy atom. The summed E-state index contributed by atoms with van der Waals surface area (Å²) < 4.78 is 2.43. The van der Waals surface area contributed by atoms with Crippen LogP contribution >= 0.6 is 38.5 Å². The van der Waals surface area contributed by atoms with Gasteiger partial charge in [0.2, 0.25) is 0 Å². The van der Waals surface area contributed by atoms with Crippen molar-refractivity contribution in [2.24, 2.45) is 17.7 Å². The zero-order valence-corrected chi connectivity index (χ0v) is 15.1. The molecule has 4 heteroatoms. The van der Waals surface area contributed by atoms with Gasteiger partial charge in [0.15, 0.2) is 0 Å². The van der Waals surface area contributed by atoms with Crippen LogP contribution in [0.15, 0.2) is 22.7 Å². The maximum atomic E-state index is 5.90. The Morgan fingerprint density at radius 2 is 2.16 bits per heavy atom. The van der Waals surface area contributed by atoms with Crippen molar-refractivity contribution in [1.82, 2.24) is 5.43 Å². The van der Waals surface area contributed by atoms with Gasteiger partial charge >= 0.3 is 0 Å². The highest BCUT2D eigenvalue weighted by Gasteiger charge is 2.32. The van der Waals surface area contributed by atoms with Crippen LogP contribution in [0.1, 0.15) is 50.6 Å². The van der Waals surface area contributed by atoms with E-state index in [-0.39, 0.29) is 6.04 Å². The van der Waals surface area contributed by atoms with Crippen LogP contribution in [-0.4, -0.2) is 0 Å². The number of rotatable bonds is 4. The molecular weight excluding hydrogens is 415 g/mol. The van der Waals surface area contributed by atoms with Crippen molar-refractivity contribution in [3.05, 3.63) is 31.8 Å². The molecule has 0 heterocycles. The van der Waals surface area contributed by atoms with Gasteiger partial charge in [-0.2, -0.15) is 0 Å². The van der Waals surface area contributed by atoms with Crippen molar-refractivity contribution in [1.29, 1.82) is 0 Å². The zero-order chi connectivity index (χ0) is 13.8. The molecule has 0 aromatic heterocycles. The predicted molar refractivity (Wildman–Crippen MR) is 92.7 cm³/mol. The zero-order valence-electron chi connectivity index (χ0n) is 11.3. The minimum Gasteiger partial charge on any atom is -0.271 e. The monoisotopic (exact) mass is 436 g/mol. The average Bonchev–Trinajstić information content (AvgIpc) is 2.44. The molecule has 0 spiro atoms. The molecule has 3 N–H and O–H groups in total. The third-order valence-corrected chi connectivity index (χ3v) is 5.79. The number of hydrazine groups is 1. The molecule has 0 aliphatic heterocycles. The summed E-state index contributed by atoms with van der Waals surface area (Å²) in [5, 5.41) is 0. The quantitative estimate of drug-likeness (QED) is 0.405. The van der Waals surface area contributed by atoms with Gasteiger partial charge in [-0.3, -0.25) is 11.3 Å². The summed E-state index contributed by atoms with van der Waals surface area (Å²) in [5.74, 6) is 7.34. The molecule has 19 heavy (non-hydrogen) atoms. The van der Waals surface area contributed by atoms with Crippen LogP contribution in [0.2, 0.25) is 0 Å². The fraction of sp³-hybridized carbons (Fsp3) is 0.600. The van der Waals surface area contributed by atoms with E-state index in [2.05, 4.69) is 69.1 Å². The standard InChI is InChI=1S/C15H22BrIN2/c1-2-10-5-3-4-6-12(10)15(19-18)13-9-11(17)7-8-14(13)16/h7-10,12,15,19H,2-6,18H2,1H3. The van der Waals surface area contributed by atoms with E-state index >= 15 is 0 Å². The number of nitrogens with one attached hydrogen (secondary N) is 1. The molecule has 106 valence electrons. The molecule has 2 rings (SSSR count). The molecule has 1 saturated carbocycles. The second kappa shape index (κ2) is 7.38. The van der Waals surface area contributed by atoms with E-state index in [1.807, 2.05) is 0 Å². The van der Waals surface area contributed by atoms with Gasteiger partial charge in [0.25, 0.3) is 0 Å². The van der Waals surface area contributed by atoms with E-state index < -0.39 is 0 Å². The van der Waals surface area contributed by atoms with Crippen LogP contribution in [0, 0.1) is 15.4 Å². The first kappa shape index (κ1) is 15.7. The number of halogens is 2. The summed E-state index contributed by atoms with van der Waals surface area (Å²) in [6, 6.07) is 6.76. The highest BCUT2D eigenvalue weighted by Crippen LogP contribution is 2.41. The number of hydrogen-bond donors (Lipinski definition) is 2. The molecule has 1 aliphatic carbocycles. The molecule has 3 unspecified atom stereocenters. The molecule has 3 atom stereocenters. The lowest BCUT2D eigenvalue weighted by Crippen LogP contribution is -2.38. The van der Waals surface area contributed by atoms with E-state index in [4.69, 9.17) is 5.84 Å². The van der Waals surface area contributed by atoms with Gasteiger partial charge in [-0.25, -0.2) is 0 Å². The number of hydrogen-bond acceptors (Lipinski definition) is 2. The summed E-state index contributed by atoms with van der Waals surface area (Å²) in [4.78, 5) is 0. The van der Waals surface area contributed by atoms with Crippen LogP contribution < -0.4 is 11.3 Å². The first-order valence-corrected chi connectivity index (χ1v) is 8.95. The molecular formula is C15H22BrIN2. The molecule has 0 amide bonds. The second-order valence-corrected chi connectivity index (χ2v) is 7.53. The first-order chi connectivity index (χ1) is 9.17. The summed E-state index contributed by atoms with van der Waals surface area (Å²) in [5.41, 5.74) is 4.39. The average molecular weight is 437 g/mol. The molecule has 0 radical (unpaired) electrons. The fourth-order valence-electron chi connectivity index (χ4n) is 3.38. The van der Waals surface area contributed by atoms with Crippen LogP contribution in [0.25, 0.3) is 0 Å². The Hall–Kier alpha value is 0.350. The lowest BCUT2D eigenvalue weighted by atomic mass is 9.72. The van der Waals surface area contributed by atoms with E-state index in [0.717, 1.165) is 10.4 Å². The van der Waals surface area contributed by atoms with Crippen LogP contribution in [0.4, 0.5) is 0 Å². The van der Waals surface area contributed by atoms with Crippen molar-refractivity contribution in [3.8, 4) is 0 Å². The van der Waals surface area contributed by atoms with Gasteiger partial charge < -0.3 is 0 Å². The lowest BCUT2D eigenvalue weighted by molar-refractivity contribution is 0.175. The van der Waals surface area contributed by atoms with Crippen molar-refractivity contribution in [2.45, 2.75) is 45.1 Å². The van der Waals surface area contributed by atoms with Crippen LogP contribution in [0.5, 0.6) is 0 Å². The Bertz CT molecular complexity index is 425. The molecule has 1 aromatic carbocycles. The Morgan fingerprint density at radius 1 is 1.42 bits per heavy atom. The van der Waals surface area contributed by atoms with E-state index in [9.17, 15) is 0 Å². The smallest absolute Gasteiger partial charge is 0.0502 e. The summed E-state index contributed by atoms with van der Waals surface area (Å²) in [7, 11) is 0. The van der Waals surface area contributed by atoms with Crippen molar-refractivity contribution < 1.29 is 0 Å². The minimum absolute atomic E-state index is 0.259. The van der Waals surface area contributed by atoms with E-state index in [1.54, 1.807) is 0 Å². The molecule has 0 bridgehead atoms. The van der Waals surface area contributed by atoms with Gasteiger partial charge in [0.1, 0.15) is 0 Å². The normalized spacial score (nSPS) is 25.3. The van der Waals surface area contributed by atoms with Crippen molar-refractivity contribution >= 4 is 38.5 Å². The van der Waals surface area contributed by atoms with Gasteiger partial charge in [-0.1, -0.05) is 48.5 Å². The highest BCUT2D eigenvalue weighted by molar-refractivity contribution is 14.1. The Balaban J connectivity index is 2.29. The summed E-state index contributed by atoms with van der Waals surface area (Å²) in [6.07, 6.45) is 6.59. The van der Waals surface area contributed by atoms with Gasteiger partial charge in [0, 0.05) is 8.04 Å². The largest absolute Gasteiger partial charge is 0.271 e. The predicted octanol–water partition coefficient (Wildman–Crippen LogP) is 4.77. The van der Waals surface area contributed by atoms with Crippen molar-refractivity contribution in [3.63, 3.8) is 0 Å². The first-order valence-electron chi connectivity index (χ1n) is 7.08. The van der Waals surface area contributed by atoms with Crippen LogP contribution in [0.3, 0.4) is 0 Å². The maximum Gasteiger partial charge on any atom is 0.0502 e. The third-order valence-electron chi connectivity index (χ3n) is 4.39. The molecule has 1 fully saturated rings. The van der Waals surface area contributed by atoms with E-state index in [0.29, 0.717) is 5.92 Å². The SMILES string of the molecule is CCC1CCCCC1C(NN)c1cc(I)ccc1Br. The van der Waals surface area contributed by atoms with Crippen molar-refractivity contribution in [2.75, 3.05) is 0 Å². The van der Waals surface area contributed by atoms with Gasteiger partial charge in [-0.05, 0) is 64.6 Å². The number of benzene rings is 1. The molecule has 1 aliphatic rings.